The number of imidazole rings is 1. The zero-order valence-electron chi connectivity index (χ0n) is 13.0. The maximum atomic E-state index is 13.0. The lowest BCUT2D eigenvalue weighted by Gasteiger charge is -2.17. The zero-order chi connectivity index (χ0) is 16.1. The normalized spacial score (nSPS) is 17.4. The van der Waals surface area contributed by atoms with Gasteiger partial charge in [0.25, 0.3) is 0 Å². The first-order chi connectivity index (χ1) is 11.2. The number of aromatic nitrogens is 2. The van der Waals surface area contributed by atoms with E-state index in [1.807, 2.05) is 27.8 Å². The highest BCUT2D eigenvalue weighted by Gasteiger charge is 2.26. The van der Waals surface area contributed by atoms with Crippen LogP contribution in [0.1, 0.15) is 24.3 Å². The molecule has 1 atom stereocenters. The van der Waals surface area contributed by atoms with Crippen molar-refractivity contribution in [2.75, 3.05) is 19.6 Å². The molecule has 1 saturated heterocycles. The van der Waals surface area contributed by atoms with Crippen molar-refractivity contribution in [3.8, 4) is 0 Å². The van der Waals surface area contributed by atoms with Crippen LogP contribution in [0.3, 0.4) is 0 Å². The largest absolute Gasteiger partial charge is 0.338 e. The smallest absolute Gasteiger partial charge is 0.317 e. The number of carbonyl (C=O) groups is 1. The number of nitrogens with zero attached hydrogens (tertiary/aromatic N) is 3. The predicted molar refractivity (Wildman–Crippen MR) is 85.6 cm³/mol. The van der Waals surface area contributed by atoms with Gasteiger partial charge in [-0.25, -0.2) is 14.2 Å². The molecule has 2 amide bonds. The molecule has 0 saturated carbocycles. The van der Waals surface area contributed by atoms with E-state index in [0.29, 0.717) is 19.0 Å². The number of aryl methyl sites for hydroxylation is 1. The van der Waals surface area contributed by atoms with E-state index in [1.54, 1.807) is 12.5 Å². The average Bonchev–Trinajstić information content (AvgIpc) is 3.24. The van der Waals surface area contributed by atoms with E-state index < -0.39 is 0 Å². The highest BCUT2D eigenvalue weighted by atomic mass is 19.1. The number of amides is 2. The Morgan fingerprint density at radius 3 is 2.91 bits per heavy atom. The molecule has 3 rings (SSSR count). The summed E-state index contributed by atoms with van der Waals surface area (Å²) in [4.78, 5) is 18.0. The second-order valence-electron chi connectivity index (χ2n) is 5.87. The van der Waals surface area contributed by atoms with Crippen LogP contribution < -0.4 is 5.32 Å². The number of hydrogen-bond acceptors (Lipinski definition) is 2. The van der Waals surface area contributed by atoms with Gasteiger partial charge in [0.15, 0.2) is 0 Å². The molecule has 1 aromatic carbocycles. The van der Waals surface area contributed by atoms with Gasteiger partial charge in [-0.2, -0.15) is 0 Å². The van der Waals surface area contributed by atoms with Crippen LogP contribution in [0.4, 0.5) is 9.18 Å². The summed E-state index contributed by atoms with van der Waals surface area (Å²) in [7, 11) is 0. The third-order valence-corrected chi connectivity index (χ3v) is 4.25. The van der Waals surface area contributed by atoms with Crippen LogP contribution in [0.2, 0.25) is 0 Å². The van der Waals surface area contributed by atoms with Crippen molar-refractivity contribution >= 4 is 6.03 Å². The predicted octanol–water partition coefficient (Wildman–Crippen LogP) is 2.61. The molecule has 0 aliphatic carbocycles. The first-order valence-corrected chi connectivity index (χ1v) is 7.96. The van der Waals surface area contributed by atoms with Crippen LogP contribution in [-0.2, 0) is 6.54 Å². The molecule has 1 aliphatic heterocycles. The summed E-state index contributed by atoms with van der Waals surface area (Å²) in [6.45, 7) is 2.93. The Balaban J connectivity index is 1.41. The molecule has 1 aromatic heterocycles. The molecule has 0 unspecified atom stereocenters. The van der Waals surface area contributed by atoms with Crippen molar-refractivity contribution in [1.82, 2.24) is 19.8 Å². The average molecular weight is 316 g/mol. The topological polar surface area (TPSA) is 50.2 Å². The summed E-state index contributed by atoms with van der Waals surface area (Å²) in [6.07, 6.45) is 7.23. The Labute approximate surface area is 135 Å². The Kier molecular flexibility index (Phi) is 4.90. The number of hydrogen-bond donors (Lipinski definition) is 1. The summed E-state index contributed by atoms with van der Waals surface area (Å²) < 4.78 is 15.0. The maximum Gasteiger partial charge on any atom is 0.317 e. The van der Waals surface area contributed by atoms with Crippen LogP contribution in [0.25, 0.3) is 0 Å². The Hall–Kier alpha value is -2.37. The Morgan fingerprint density at radius 2 is 2.17 bits per heavy atom. The molecule has 6 heteroatoms. The van der Waals surface area contributed by atoms with Crippen LogP contribution >= 0.6 is 0 Å². The van der Waals surface area contributed by atoms with Gasteiger partial charge >= 0.3 is 6.03 Å². The van der Waals surface area contributed by atoms with E-state index in [1.165, 1.54) is 12.1 Å². The molecule has 0 radical (unpaired) electrons. The standard InChI is InChI=1S/C17H21FN4O/c18-16-4-2-14(3-5-16)15-6-10-22(12-15)17(23)20-7-1-9-21-11-8-19-13-21/h2-5,8,11,13,15H,1,6-7,9-10,12H2,(H,20,23)/t15-/m0/s1. The minimum absolute atomic E-state index is 0.0137. The molecule has 0 spiro atoms. The van der Waals surface area contributed by atoms with Gasteiger partial charge in [-0.3, -0.25) is 0 Å². The molecule has 1 N–H and O–H groups in total. The number of nitrogens with one attached hydrogen (secondary N) is 1. The van der Waals surface area contributed by atoms with E-state index >= 15 is 0 Å². The third kappa shape index (κ3) is 4.09. The van der Waals surface area contributed by atoms with Gasteiger partial charge < -0.3 is 14.8 Å². The van der Waals surface area contributed by atoms with Crippen molar-refractivity contribution in [3.05, 3.63) is 54.4 Å². The second-order valence-corrected chi connectivity index (χ2v) is 5.87. The fraction of sp³-hybridized carbons (Fsp3) is 0.412. The summed E-state index contributed by atoms with van der Waals surface area (Å²) in [5.41, 5.74) is 1.10. The molecule has 122 valence electrons. The fourth-order valence-corrected chi connectivity index (χ4v) is 2.94. The van der Waals surface area contributed by atoms with Crippen molar-refractivity contribution in [1.29, 1.82) is 0 Å². The molecular formula is C17H21FN4O. The van der Waals surface area contributed by atoms with Crippen LogP contribution in [0.15, 0.2) is 43.0 Å². The van der Waals surface area contributed by atoms with E-state index in [9.17, 15) is 9.18 Å². The number of rotatable bonds is 5. The van der Waals surface area contributed by atoms with Crippen LogP contribution in [0.5, 0.6) is 0 Å². The monoisotopic (exact) mass is 316 g/mol. The van der Waals surface area contributed by atoms with Crippen molar-refractivity contribution in [2.24, 2.45) is 0 Å². The van der Waals surface area contributed by atoms with Crippen LogP contribution in [-0.4, -0.2) is 40.1 Å². The second kappa shape index (κ2) is 7.26. The number of carbonyl (C=O) groups excluding carboxylic acids is 1. The molecule has 1 aliphatic rings. The van der Waals surface area contributed by atoms with Crippen molar-refractivity contribution in [3.63, 3.8) is 0 Å². The Morgan fingerprint density at radius 1 is 1.35 bits per heavy atom. The minimum Gasteiger partial charge on any atom is -0.338 e. The lowest BCUT2D eigenvalue weighted by molar-refractivity contribution is 0.208. The molecule has 5 nitrogen and oxygen atoms in total. The van der Waals surface area contributed by atoms with Crippen LogP contribution in [0, 0.1) is 5.82 Å². The zero-order valence-corrected chi connectivity index (χ0v) is 13.0. The Bertz CT molecular complexity index is 627. The molecule has 0 bridgehead atoms. The summed E-state index contributed by atoms with van der Waals surface area (Å²) in [5, 5.41) is 2.96. The van der Waals surface area contributed by atoms with Gasteiger partial charge in [0.1, 0.15) is 5.82 Å². The van der Waals surface area contributed by atoms with Gasteiger partial charge in [-0.15, -0.1) is 0 Å². The van der Waals surface area contributed by atoms with Gasteiger partial charge in [0, 0.05) is 44.5 Å². The van der Waals surface area contributed by atoms with Gasteiger partial charge in [-0.05, 0) is 30.5 Å². The fourth-order valence-electron chi connectivity index (χ4n) is 2.94. The molecule has 2 aromatic rings. The molecular weight excluding hydrogens is 295 g/mol. The first kappa shape index (κ1) is 15.5. The lowest BCUT2D eigenvalue weighted by Crippen LogP contribution is -2.39. The highest BCUT2D eigenvalue weighted by molar-refractivity contribution is 5.74. The van der Waals surface area contributed by atoms with E-state index in [2.05, 4.69) is 10.3 Å². The van der Waals surface area contributed by atoms with Crippen molar-refractivity contribution < 1.29 is 9.18 Å². The van der Waals surface area contributed by atoms with E-state index in [0.717, 1.165) is 31.5 Å². The number of halogens is 1. The number of likely N-dealkylation sites (tertiary alicyclic amines) is 1. The summed E-state index contributed by atoms with van der Waals surface area (Å²) in [6, 6.07) is 6.57. The lowest BCUT2D eigenvalue weighted by atomic mass is 9.99. The van der Waals surface area contributed by atoms with Crippen molar-refractivity contribution in [2.45, 2.75) is 25.3 Å². The first-order valence-electron chi connectivity index (χ1n) is 7.96. The molecule has 2 heterocycles. The minimum atomic E-state index is -0.223. The maximum absolute atomic E-state index is 13.0. The van der Waals surface area contributed by atoms with Gasteiger partial charge in [0.05, 0.1) is 6.33 Å². The molecule has 23 heavy (non-hydrogen) atoms. The third-order valence-electron chi connectivity index (χ3n) is 4.25. The highest BCUT2D eigenvalue weighted by Crippen LogP contribution is 2.27. The molecule has 1 fully saturated rings. The summed E-state index contributed by atoms with van der Waals surface area (Å²) >= 11 is 0. The summed E-state index contributed by atoms with van der Waals surface area (Å²) in [5.74, 6) is 0.0755. The van der Waals surface area contributed by atoms with E-state index in [-0.39, 0.29) is 11.8 Å². The quantitative estimate of drug-likeness (QED) is 0.862. The number of urea groups is 1. The van der Waals surface area contributed by atoms with Gasteiger partial charge in [0.2, 0.25) is 0 Å². The number of benzene rings is 1. The SMILES string of the molecule is O=C(NCCCn1ccnc1)N1CC[C@H](c2ccc(F)cc2)C1. The van der Waals surface area contributed by atoms with Gasteiger partial charge in [-0.1, -0.05) is 12.1 Å². The van der Waals surface area contributed by atoms with E-state index in [4.69, 9.17) is 0 Å².